The minimum atomic E-state index is -0.508. The highest BCUT2D eigenvalue weighted by Crippen LogP contribution is 2.31. The van der Waals surface area contributed by atoms with Crippen LogP contribution in [0.4, 0.5) is 11.4 Å². The molecule has 6 nitrogen and oxygen atoms in total. The Morgan fingerprint density at radius 1 is 1.17 bits per heavy atom. The lowest BCUT2D eigenvalue weighted by molar-refractivity contribution is -0.121. The molecule has 158 valence electrons. The summed E-state index contributed by atoms with van der Waals surface area (Å²) >= 11 is 1.28. The fourth-order valence-corrected chi connectivity index (χ4v) is 4.08. The SMILES string of the molecule is CCCOc1ccc(N2C(=O)C[C@@H](SC(=NC)Nc3ccc(C)c(C)c3)C2=O)cc1. The van der Waals surface area contributed by atoms with Gasteiger partial charge in [-0.05, 0) is 67.8 Å². The highest BCUT2D eigenvalue weighted by atomic mass is 32.2. The van der Waals surface area contributed by atoms with Crippen LogP contribution in [0.1, 0.15) is 30.9 Å². The highest BCUT2D eigenvalue weighted by molar-refractivity contribution is 8.15. The number of ether oxygens (including phenoxy) is 1. The van der Waals surface area contributed by atoms with Gasteiger partial charge in [0.05, 0.1) is 12.3 Å². The van der Waals surface area contributed by atoms with Crippen LogP contribution in [0.2, 0.25) is 0 Å². The maximum absolute atomic E-state index is 12.9. The normalized spacial score (nSPS) is 16.9. The second-order valence-corrected chi connectivity index (χ2v) is 8.36. The lowest BCUT2D eigenvalue weighted by Crippen LogP contribution is -2.31. The Morgan fingerprint density at radius 3 is 2.53 bits per heavy atom. The number of hydrogen-bond donors (Lipinski definition) is 1. The van der Waals surface area contributed by atoms with Crippen molar-refractivity contribution in [3.8, 4) is 5.75 Å². The molecule has 0 unspecified atom stereocenters. The van der Waals surface area contributed by atoms with Crippen molar-refractivity contribution in [2.75, 3.05) is 23.9 Å². The third kappa shape index (κ3) is 5.02. The van der Waals surface area contributed by atoms with Crippen LogP contribution in [0.5, 0.6) is 5.75 Å². The summed E-state index contributed by atoms with van der Waals surface area (Å²) in [4.78, 5) is 31.0. The number of rotatable bonds is 6. The molecule has 0 radical (unpaired) electrons. The largest absolute Gasteiger partial charge is 0.494 e. The van der Waals surface area contributed by atoms with E-state index in [0.29, 0.717) is 17.5 Å². The van der Waals surface area contributed by atoms with Gasteiger partial charge in [-0.3, -0.25) is 14.6 Å². The van der Waals surface area contributed by atoms with Crippen molar-refractivity contribution >= 4 is 40.1 Å². The molecule has 30 heavy (non-hydrogen) atoms. The number of aliphatic imine (C=N–C) groups is 1. The summed E-state index contributed by atoms with van der Waals surface area (Å²) in [5.41, 5.74) is 3.85. The molecule has 7 heteroatoms. The maximum atomic E-state index is 12.9. The van der Waals surface area contributed by atoms with Gasteiger partial charge in [0.1, 0.15) is 11.0 Å². The summed E-state index contributed by atoms with van der Waals surface area (Å²) in [5, 5.41) is 3.35. The van der Waals surface area contributed by atoms with Gasteiger partial charge < -0.3 is 10.1 Å². The van der Waals surface area contributed by atoms with Crippen LogP contribution in [0, 0.1) is 13.8 Å². The molecule has 2 amide bonds. The third-order valence-electron chi connectivity index (χ3n) is 4.89. The first-order chi connectivity index (χ1) is 14.4. The van der Waals surface area contributed by atoms with Crippen molar-refractivity contribution < 1.29 is 14.3 Å². The molecule has 1 aliphatic rings. The number of nitrogens with one attached hydrogen (secondary N) is 1. The van der Waals surface area contributed by atoms with Gasteiger partial charge >= 0.3 is 0 Å². The monoisotopic (exact) mass is 425 g/mol. The number of thioether (sulfide) groups is 1. The van der Waals surface area contributed by atoms with Crippen LogP contribution in [-0.2, 0) is 9.59 Å². The minimum absolute atomic E-state index is 0.144. The van der Waals surface area contributed by atoms with Gasteiger partial charge in [0, 0.05) is 19.2 Å². The molecule has 0 aromatic heterocycles. The van der Waals surface area contributed by atoms with Crippen molar-refractivity contribution in [2.45, 2.75) is 38.9 Å². The highest BCUT2D eigenvalue weighted by Gasteiger charge is 2.40. The molecule has 1 atom stereocenters. The van der Waals surface area contributed by atoms with E-state index in [-0.39, 0.29) is 18.2 Å². The quantitative estimate of drug-likeness (QED) is 0.417. The second-order valence-electron chi connectivity index (χ2n) is 7.17. The van der Waals surface area contributed by atoms with Crippen LogP contribution < -0.4 is 15.0 Å². The van der Waals surface area contributed by atoms with E-state index in [0.717, 1.165) is 17.9 Å². The first-order valence-corrected chi connectivity index (χ1v) is 10.9. The molecule has 0 saturated carbocycles. The van der Waals surface area contributed by atoms with Crippen molar-refractivity contribution in [3.05, 3.63) is 53.6 Å². The van der Waals surface area contributed by atoms with Crippen LogP contribution in [-0.4, -0.2) is 35.9 Å². The summed E-state index contributed by atoms with van der Waals surface area (Å²) in [6, 6.07) is 13.1. The number of carbonyl (C=O) groups excluding carboxylic acids is 2. The molecule has 0 spiro atoms. The fourth-order valence-electron chi connectivity index (χ4n) is 3.09. The molecule has 1 fully saturated rings. The molecule has 1 saturated heterocycles. The molecule has 0 aliphatic carbocycles. The number of amides is 2. The third-order valence-corrected chi connectivity index (χ3v) is 6.05. The molecular formula is C23H27N3O3S. The summed E-state index contributed by atoms with van der Waals surface area (Å²) in [6.45, 7) is 6.78. The van der Waals surface area contributed by atoms with E-state index in [1.54, 1.807) is 31.3 Å². The average molecular weight is 426 g/mol. The predicted octanol–water partition coefficient (Wildman–Crippen LogP) is 4.56. The number of anilines is 2. The number of nitrogens with zero attached hydrogens (tertiary/aromatic N) is 2. The number of aryl methyl sites for hydroxylation is 2. The van der Waals surface area contributed by atoms with Gasteiger partial charge in [0.25, 0.3) is 0 Å². The Kier molecular flexibility index (Phi) is 7.15. The molecule has 3 rings (SSSR count). The van der Waals surface area contributed by atoms with Crippen LogP contribution >= 0.6 is 11.8 Å². The second kappa shape index (κ2) is 9.80. The van der Waals surface area contributed by atoms with Crippen LogP contribution in [0.3, 0.4) is 0 Å². The van der Waals surface area contributed by atoms with E-state index in [9.17, 15) is 9.59 Å². The summed E-state index contributed by atoms with van der Waals surface area (Å²) in [5.74, 6) is 0.292. The van der Waals surface area contributed by atoms with E-state index in [2.05, 4.69) is 17.2 Å². The average Bonchev–Trinajstić information content (AvgIpc) is 3.02. The lowest BCUT2D eigenvalue weighted by Gasteiger charge is -2.16. The van der Waals surface area contributed by atoms with E-state index >= 15 is 0 Å². The zero-order chi connectivity index (χ0) is 21.7. The molecule has 1 aliphatic heterocycles. The molecule has 1 N–H and O–H groups in total. The molecule has 2 aromatic carbocycles. The van der Waals surface area contributed by atoms with Gasteiger partial charge in [0.15, 0.2) is 5.17 Å². The van der Waals surface area contributed by atoms with Gasteiger partial charge in [-0.15, -0.1) is 0 Å². The fraction of sp³-hybridized carbons (Fsp3) is 0.348. The van der Waals surface area contributed by atoms with Gasteiger partial charge in [-0.25, -0.2) is 4.90 Å². The van der Waals surface area contributed by atoms with Crippen LogP contribution in [0.25, 0.3) is 0 Å². The molecule has 0 bridgehead atoms. The predicted molar refractivity (Wildman–Crippen MR) is 124 cm³/mol. The number of hydrogen-bond acceptors (Lipinski definition) is 5. The topological polar surface area (TPSA) is 71.0 Å². The molecule has 2 aromatic rings. The molecular weight excluding hydrogens is 398 g/mol. The summed E-state index contributed by atoms with van der Waals surface area (Å²) in [7, 11) is 1.67. The lowest BCUT2D eigenvalue weighted by atomic mass is 10.1. The zero-order valence-corrected chi connectivity index (χ0v) is 18.6. The van der Waals surface area contributed by atoms with E-state index in [4.69, 9.17) is 4.74 Å². The van der Waals surface area contributed by atoms with Gasteiger partial charge in [-0.2, -0.15) is 0 Å². The van der Waals surface area contributed by atoms with Crippen molar-refractivity contribution in [3.63, 3.8) is 0 Å². The smallest absolute Gasteiger partial charge is 0.247 e. The zero-order valence-electron chi connectivity index (χ0n) is 17.8. The van der Waals surface area contributed by atoms with E-state index in [1.807, 2.05) is 32.0 Å². The molecule has 1 heterocycles. The minimum Gasteiger partial charge on any atom is -0.494 e. The summed E-state index contributed by atoms with van der Waals surface area (Å²) < 4.78 is 5.57. The van der Waals surface area contributed by atoms with Crippen molar-refractivity contribution in [1.82, 2.24) is 0 Å². The Balaban J connectivity index is 1.68. The van der Waals surface area contributed by atoms with Gasteiger partial charge in [-0.1, -0.05) is 24.8 Å². The summed E-state index contributed by atoms with van der Waals surface area (Å²) in [6.07, 6.45) is 1.06. The Labute approximate surface area is 181 Å². The van der Waals surface area contributed by atoms with Crippen LogP contribution in [0.15, 0.2) is 47.5 Å². The van der Waals surface area contributed by atoms with Gasteiger partial charge in [0.2, 0.25) is 11.8 Å². The van der Waals surface area contributed by atoms with E-state index < -0.39 is 5.25 Å². The van der Waals surface area contributed by atoms with Crippen molar-refractivity contribution in [2.24, 2.45) is 4.99 Å². The van der Waals surface area contributed by atoms with E-state index in [1.165, 1.54) is 27.8 Å². The number of amidine groups is 1. The number of benzene rings is 2. The first-order valence-electron chi connectivity index (χ1n) is 10.00. The Bertz CT molecular complexity index is 957. The standard InChI is InChI=1S/C23H27N3O3S/c1-5-12-29-19-10-8-18(9-11-19)26-21(27)14-20(22(26)28)30-23(24-4)25-17-7-6-15(2)16(3)13-17/h6-11,13,20H,5,12,14H2,1-4H3,(H,24,25)/t20-/m1/s1. The first kappa shape index (κ1) is 21.9. The Morgan fingerprint density at radius 2 is 1.90 bits per heavy atom. The Hall–Kier alpha value is -2.80. The number of carbonyl (C=O) groups is 2. The maximum Gasteiger partial charge on any atom is 0.247 e. The van der Waals surface area contributed by atoms with Crippen molar-refractivity contribution in [1.29, 1.82) is 0 Å². The number of imide groups is 1.